The zero-order valence-electron chi connectivity index (χ0n) is 10.6. The molecule has 1 aromatic rings. The molecule has 2 heterocycles. The number of hydrogen-bond acceptors (Lipinski definition) is 3. The largest absolute Gasteiger partial charge is 0.496 e. The fourth-order valence-electron chi connectivity index (χ4n) is 2.43. The average molecular weight is 240 g/mol. The smallest absolute Gasteiger partial charge is 0.126 e. The van der Waals surface area contributed by atoms with Gasteiger partial charge in [0.1, 0.15) is 11.6 Å². The summed E-state index contributed by atoms with van der Waals surface area (Å²) in [5, 5.41) is 0. The minimum absolute atomic E-state index is 0.392. The van der Waals surface area contributed by atoms with Crippen molar-refractivity contribution in [3.63, 3.8) is 0 Å². The van der Waals surface area contributed by atoms with Gasteiger partial charge in [-0.15, -0.1) is 0 Å². The maximum absolute atomic E-state index is 5.41. The molecule has 0 bridgehead atoms. The van der Waals surface area contributed by atoms with Crippen LogP contribution in [0.25, 0.3) is 5.57 Å². The highest BCUT2D eigenvalue weighted by molar-refractivity contribution is 5.88. The molecule has 0 spiro atoms. The van der Waals surface area contributed by atoms with Crippen LogP contribution in [0.4, 0.5) is 0 Å². The zero-order valence-corrected chi connectivity index (χ0v) is 10.6. The molecule has 0 amide bonds. The van der Waals surface area contributed by atoms with Crippen LogP contribution in [-0.4, -0.2) is 30.4 Å². The SMILES string of the molecule is COc1ccccc1C1=CN2C(C)=NCC2C=C1. The molecule has 0 aromatic heterocycles. The summed E-state index contributed by atoms with van der Waals surface area (Å²) < 4.78 is 5.41. The van der Waals surface area contributed by atoms with Gasteiger partial charge in [0, 0.05) is 17.3 Å². The van der Waals surface area contributed by atoms with E-state index in [0.717, 1.165) is 23.7 Å². The summed E-state index contributed by atoms with van der Waals surface area (Å²) in [5.41, 5.74) is 2.29. The third kappa shape index (κ3) is 1.72. The number of hydrogen-bond donors (Lipinski definition) is 0. The second-order valence-electron chi connectivity index (χ2n) is 4.51. The maximum Gasteiger partial charge on any atom is 0.126 e. The van der Waals surface area contributed by atoms with E-state index in [1.165, 1.54) is 5.57 Å². The lowest BCUT2D eigenvalue weighted by Crippen LogP contribution is -2.30. The molecule has 3 heteroatoms. The maximum atomic E-state index is 5.41. The van der Waals surface area contributed by atoms with E-state index in [2.05, 4.69) is 41.2 Å². The lowest BCUT2D eigenvalue weighted by molar-refractivity contribution is 0.413. The monoisotopic (exact) mass is 240 g/mol. The van der Waals surface area contributed by atoms with Gasteiger partial charge in [-0.3, -0.25) is 4.99 Å². The Balaban J connectivity index is 2.00. The third-order valence-corrected chi connectivity index (χ3v) is 3.43. The Morgan fingerprint density at radius 1 is 1.33 bits per heavy atom. The summed E-state index contributed by atoms with van der Waals surface area (Å²) in [7, 11) is 1.71. The molecule has 0 saturated carbocycles. The number of nitrogens with zero attached hydrogens (tertiary/aromatic N) is 2. The van der Waals surface area contributed by atoms with Crippen LogP contribution in [0.15, 0.2) is 47.6 Å². The minimum atomic E-state index is 0.392. The van der Waals surface area contributed by atoms with Crippen LogP contribution >= 0.6 is 0 Å². The van der Waals surface area contributed by atoms with Crippen LogP contribution < -0.4 is 4.74 Å². The first kappa shape index (κ1) is 11.1. The number of benzene rings is 1. The summed E-state index contributed by atoms with van der Waals surface area (Å²) >= 11 is 0. The van der Waals surface area contributed by atoms with Gasteiger partial charge in [-0.1, -0.05) is 30.4 Å². The highest BCUT2D eigenvalue weighted by Gasteiger charge is 2.24. The molecule has 1 atom stereocenters. The van der Waals surface area contributed by atoms with Crippen molar-refractivity contribution in [2.24, 2.45) is 4.99 Å². The van der Waals surface area contributed by atoms with Gasteiger partial charge in [0.25, 0.3) is 0 Å². The van der Waals surface area contributed by atoms with Crippen molar-refractivity contribution in [3.05, 3.63) is 48.2 Å². The molecule has 0 fully saturated rings. The normalized spacial score (nSPS) is 21.4. The van der Waals surface area contributed by atoms with Crippen molar-refractivity contribution in [3.8, 4) is 5.75 Å². The summed E-state index contributed by atoms with van der Waals surface area (Å²) in [6.07, 6.45) is 6.53. The Bertz CT molecular complexity index is 557. The molecule has 3 rings (SSSR count). The molecule has 92 valence electrons. The Labute approximate surface area is 107 Å². The third-order valence-electron chi connectivity index (χ3n) is 3.43. The van der Waals surface area contributed by atoms with E-state index >= 15 is 0 Å². The highest BCUT2D eigenvalue weighted by Crippen LogP contribution is 2.31. The van der Waals surface area contributed by atoms with Gasteiger partial charge >= 0.3 is 0 Å². The number of allylic oxidation sites excluding steroid dienone is 2. The molecule has 0 saturated heterocycles. The minimum Gasteiger partial charge on any atom is -0.496 e. The number of rotatable bonds is 2. The zero-order chi connectivity index (χ0) is 12.5. The van der Waals surface area contributed by atoms with E-state index in [1.54, 1.807) is 7.11 Å². The number of methoxy groups -OCH3 is 1. The topological polar surface area (TPSA) is 24.8 Å². The van der Waals surface area contributed by atoms with Crippen molar-refractivity contribution in [1.82, 2.24) is 4.90 Å². The molecule has 3 nitrogen and oxygen atoms in total. The van der Waals surface area contributed by atoms with Gasteiger partial charge in [-0.25, -0.2) is 0 Å². The van der Waals surface area contributed by atoms with Crippen molar-refractivity contribution in [2.75, 3.05) is 13.7 Å². The van der Waals surface area contributed by atoms with E-state index in [1.807, 2.05) is 18.2 Å². The predicted molar refractivity (Wildman–Crippen MR) is 73.7 cm³/mol. The first-order valence-electron chi connectivity index (χ1n) is 6.12. The summed E-state index contributed by atoms with van der Waals surface area (Å²) in [4.78, 5) is 6.69. The highest BCUT2D eigenvalue weighted by atomic mass is 16.5. The molecule has 1 aromatic carbocycles. The Kier molecular flexibility index (Phi) is 2.67. The average Bonchev–Trinajstić information content (AvgIpc) is 2.80. The number of fused-ring (bicyclic) bond motifs is 1. The van der Waals surface area contributed by atoms with E-state index in [-0.39, 0.29) is 0 Å². The molecule has 1 unspecified atom stereocenters. The van der Waals surface area contributed by atoms with Crippen LogP contribution in [0.2, 0.25) is 0 Å². The second-order valence-corrected chi connectivity index (χ2v) is 4.51. The van der Waals surface area contributed by atoms with Crippen molar-refractivity contribution in [1.29, 1.82) is 0 Å². The van der Waals surface area contributed by atoms with Crippen molar-refractivity contribution in [2.45, 2.75) is 13.0 Å². The van der Waals surface area contributed by atoms with Gasteiger partial charge in [0.2, 0.25) is 0 Å². The number of aliphatic imine (C=N–C) groups is 1. The number of para-hydroxylation sites is 1. The Morgan fingerprint density at radius 3 is 3.00 bits per heavy atom. The quantitative estimate of drug-likeness (QED) is 0.794. The fraction of sp³-hybridized carbons (Fsp3) is 0.267. The lowest BCUT2D eigenvalue weighted by Gasteiger charge is -2.25. The Hall–Kier alpha value is -2.03. The van der Waals surface area contributed by atoms with E-state index in [4.69, 9.17) is 4.74 Å². The van der Waals surface area contributed by atoms with E-state index < -0.39 is 0 Å². The fourth-order valence-corrected chi connectivity index (χ4v) is 2.43. The summed E-state index contributed by atoms with van der Waals surface area (Å²) in [6, 6.07) is 8.48. The molecule has 0 aliphatic carbocycles. The van der Waals surface area contributed by atoms with Crippen LogP contribution in [0, 0.1) is 0 Å². The molecular formula is C15H16N2O. The van der Waals surface area contributed by atoms with Crippen LogP contribution in [0.3, 0.4) is 0 Å². The molecule has 2 aliphatic heterocycles. The molecular weight excluding hydrogens is 224 g/mol. The molecule has 18 heavy (non-hydrogen) atoms. The van der Waals surface area contributed by atoms with Gasteiger partial charge in [-0.2, -0.15) is 0 Å². The van der Waals surface area contributed by atoms with Gasteiger partial charge in [0.05, 0.1) is 19.7 Å². The van der Waals surface area contributed by atoms with Gasteiger partial charge < -0.3 is 9.64 Å². The molecule has 0 N–H and O–H groups in total. The van der Waals surface area contributed by atoms with Gasteiger partial charge in [-0.05, 0) is 13.0 Å². The first-order valence-corrected chi connectivity index (χ1v) is 6.12. The van der Waals surface area contributed by atoms with Crippen LogP contribution in [0.5, 0.6) is 5.75 Å². The Morgan fingerprint density at radius 2 is 2.17 bits per heavy atom. The van der Waals surface area contributed by atoms with Gasteiger partial charge in [0.15, 0.2) is 0 Å². The number of ether oxygens (including phenoxy) is 1. The van der Waals surface area contributed by atoms with Crippen LogP contribution in [-0.2, 0) is 0 Å². The molecule has 2 aliphatic rings. The van der Waals surface area contributed by atoms with Crippen molar-refractivity contribution >= 4 is 11.4 Å². The summed E-state index contributed by atoms with van der Waals surface area (Å²) in [5.74, 6) is 1.98. The second kappa shape index (κ2) is 4.33. The van der Waals surface area contributed by atoms with Crippen LogP contribution in [0.1, 0.15) is 12.5 Å². The van der Waals surface area contributed by atoms with E-state index in [0.29, 0.717) is 6.04 Å². The molecule has 0 radical (unpaired) electrons. The lowest BCUT2D eigenvalue weighted by atomic mass is 10.0. The van der Waals surface area contributed by atoms with Crippen molar-refractivity contribution < 1.29 is 4.74 Å². The number of amidine groups is 1. The standard InChI is InChI=1S/C15H16N2O/c1-11-16-9-13-8-7-12(10-17(11)13)14-5-3-4-6-15(14)18-2/h3-8,10,13H,9H2,1-2H3. The predicted octanol–water partition coefficient (Wildman–Crippen LogP) is 2.71. The first-order chi connectivity index (χ1) is 8.79. The van der Waals surface area contributed by atoms with E-state index in [9.17, 15) is 0 Å². The summed E-state index contributed by atoms with van der Waals surface area (Å²) in [6.45, 7) is 2.91.